The highest BCUT2D eigenvalue weighted by atomic mass is 79.9. The molecule has 0 fully saturated rings. The molecule has 0 aliphatic rings. The fourth-order valence-electron chi connectivity index (χ4n) is 1.52. The summed E-state index contributed by atoms with van der Waals surface area (Å²) in [6.07, 6.45) is 3.67. The Balaban J connectivity index is 1.89. The number of nitrogens with zero attached hydrogens (tertiary/aromatic N) is 2. The smallest absolute Gasteiger partial charge is 0.123 e. The Kier molecular flexibility index (Phi) is 4.17. The molecule has 90 valence electrons. The molecule has 0 saturated heterocycles. The molecule has 0 aliphatic carbocycles. The summed E-state index contributed by atoms with van der Waals surface area (Å²) in [6.45, 7) is 1.78. The fourth-order valence-corrected chi connectivity index (χ4v) is 1.85. The van der Waals surface area contributed by atoms with Crippen LogP contribution in [0, 0.1) is 0 Å². The SMILES string of the molecule is NCc1ccccc1OCCn1cc(Br)cn1. The fraction of sp³-hybridized carbons (Fsp3) is 0.250. The van der Waals surface area contributed by atoms with Gasteiger partial charge in [0, 0.05) is 18.3 Å². The van der Waals surface area contributed by atoms with Gasteiger partial charge in [-0.3, -0.25) is 4.68 Å². The Morgan fingerprint density at radius 2 is 2.18 bits per heavy atom. The molecule has 17 heavy (non-hydrogen) atoms. The topological polar surface area (TPSA) is 53.1 Å². The molecule has 0 bridgehead atoms. The number of aromatic nitrogens is 2. The summed E-state index contributed by atoms with van der Waals surface area (Å²) in [5, 5.41) is 4.15. The van der Waals surface area contributed by atoms with E-state index in [1.165, 1.54) is 0 Å². The number of nitrogens with two attached hydrogens (primary N) is 1. The normalized spacial score (nSPS) is 10.5. The van der Waals surface area contributed by atoms with E-state index >= 15 is 0 Å². The quantitative estimate of drug-likeness (QED) is 0.920. The lowest BCUT2D eigenvalue weighted by Crippen LogP contribution is -2.10. The number of hydrogen-bond donors (Lipinski definition) is 1. The van der Waals surface area contributed by atoms with Crippen LogP contribution in [0.15, 0.2) is 41.1 Å². The van der Waals surface area contributed by atoms with Gasteiger partial charge in [0.25, 0.3) is 0 Å². The third kappa shape index (κ3) is 3.31. The van der Waals surface area contributed by atoms with Crippen LogP contribution in [0.5, 0.6) is 5.75 Å². The van der Waals surface area contributed by atoms with Crippen molar-refractivity contribution in [3.05, 3.63) is 46.7 Å². The van der Waals surface area contributed by atoms with Crippen LogP contribution in [0.2, 0.25) is 0 Å². The van der Waals surface area contributed by atoms with E-state index in [1.54, 1.807) is 6.20 Å². The van der Waals surface area contributed by atoms with E-state index in [0.29, 0.717) is 19.7 Å². The molecule has 4 nitrogen and oxygen atoms in total. The molecule has 1 heterocycles. The number of hydrogen-bond acceptors (Lipinski definition) is 3. The van der Waals surface area contributed by atoms with Crippen LogP contribution in [0.3, 0.4) is 0 Å². The molecule has 1 aromatic carbocycles. The monoisotopic (exact) mass is 295 g/mol. The first-order valence-electron chi connectivity index (χ1n) is 5.38. The second kappa shape index (κ2) is 5.84. The maximum Gasteiger partial charge on any atom is 0.123 e. The van der Waals surface area contributed by atoms with Gasteiger partial charge in [-0.2, -0.15) is 5.10 Å². The van der Waals surface area contributed by atoms with Crippen LogP contribution in [0.4, 0.5) is 0 Å². The van der Waals surface area contributed by atoms with Crippen LogP contribution < -0.4 is 10.5 Å². The molecule has 0 saturated carbocycles. The second-order valence-corrected chi connectivity index (χ2v) is 4.50. The van der Waals surface area contributed by atoms with Gasteiger partial charge in [-0.05, 0) is 22.0 Å². The van der Waals surface area contributed by atoms with Gasteiger partial charge in [-0.1, -0.05) is 18.2 Å². The summed E-state index contributed by atoms with van der Waals surface area (Å²) in [5.74, 6) is 0.848. The van der Waals surface area contributed by atoms with Crippen molar-refractivity contribution in [2.75, 3.05) is 6.61 Å². The minimum Gasteiger partial charge on any atom is -0.491 e. The first-order chi connectivity index (χ1) is 8.29. The first-order valence-corrected chi connectivity index (χ1v) is 6.17. The molecule has 1 aromatic heterocycles. The molecule has 0 aliphatic heterocycles. The van der Waals surface area contributed by atoms with Gasteiger partial charge < -0.3 is 10.5 Å². The summed E-state index contributed by atoms with van der Waals surface area (Å²) < 4.78 is 8.49. The maximum absolute atomic E-state index is 5.69. The van der Waals surface area contributed by atoms with E-state index in [2.05, 4.69) is 21.0 Å². The van der Waals surface area contributed by atoms with Gasteiger partial charge in [0.05, 0.1) is 17.2 Å². The van der Waals surface area contributed by atoms with E-state index in [9.17, 15) is 0 Å². The van der Waals surface area contributed by atoms with Gasteiger partial charge in [-0.15, -0.1) is 0 Å². The largest absolute Gasteiger partial charge is 0.491 e. The van der Waals surface area contributed by atoms with Crippen molar-refractivity contribution in [2.45, 2.75) is 13.1 Å². The van der Waals surface area contributed by atoms with Crippen molar-refractivity contribution in [3.8, 4) is 5.75 Å². The predicted octanol–water partition coefficient (Wildman–Crippen LogP) is 2.18. The minimum atomic E-state index is 0.490. The zero-order chi connectivity index (χ0) is 12.1. The summed E-state index contributed by atoms with van der Waals surface area (Å²) in [7, 11) is 0. The second-order valence-electron chi connectivity index (χ2n) is 3.58. The summed E-state index contributed by atoms with van der Waals surface area (Å²) in [5.41, 5.74) is 6.66. The number of para-hydroxylation sites is 1. The van der Waals surface area contributed by atoms with Crippen molar-refractivity contribution in [1.82, 2.24) is 9.78 Å². The molecule has 0 amide bonds. The zero-order valence-electron chi connectivity index (χ0n) is 9.34. The molecule has 2 rings (SSSR count). The molecule has 0 unspecified atom stereocenters. The Morgan fingerprint density at radius 1 is 1.35 bits per heavy atom. The number of ether oxygens (including phenoxy) is 1. The number of rotatable bonds is 5. The lowest BCUT2D eigenvalue weighted by atomic mass is 10.2. The van der Waals surface area contributed by atoms with E-state index in [4.69, 9.17) is 10.5 Å². The standard InChI is InChI=1S/C12H14BrN3O/c13-11-8-15-16(9-11)5-6-17-12-4-2-1-3-10(12)7-14/h1-4,8-9H,5-7,14H2. The van der Waals surface area contributed by atoms with Crippen LogP contribution in [0.25, 0.3) is 0 Å². The van der Waals surface area contributed by atoms with E-state index < -0.39 is 0 Å². The Labute approximate surface area is 109 Å². The molecule has 0 atom stereocenters. The van der Waals surface area contributed by atoms with Crippen LogP contribution >= 0.6 is 15.9 Å². The van der Waals surface area contributed by atoms with Gasteiger partial charge >= 0.3 is 0 Å². The van der Waals surface area contributed by atoms with Crippen molar-refractivity contribution in [3.63, 3.8) is 0 Å². The van der Waals surface area contributed by atoms with Crippen molar-refractivity contribution in [2.24, 2.45) is 5.73 Å². The molecule has 0 spiro atoms. The van der Waals surface area contributed by atoms with Crippen LogP contribution in [-0.4, -0.2) is 16.4 Å². The molecule has 0 radical (unpaired) electrons. The van der Waals surface area contributed by atoms with Crippen molar-refractivity contribution in [1.29, 1.82) is 0 Å². The minimum absolute atomic E-state index is 0.490. The summed E-state index contributed by atoms with van der Waals surface area (Å²) in [6, 6.07) is 7.81. The van der Waals surface area contributed by atoms with Crippen molar-refractivity contribution >= 4 is 15.9 Å². The highest BCUT2D eigenvalue weighted by Gasteiger charge is 2.01. The van der Waals surface area contributed by atoms with Crippen LogP contribution in [0.1, 0.15) is 5.56 Å². The van der Waals surface area contributed by atoms with Gasteiger partial charge in [-0.25, -0.2) is 0 Å². The molecular formula is C12H14BrN3O. The van der Waals surface area contributed by atoms with E-state index in [-0.39, 0.29) is 0 Å². The van der Waals surface area contributed by atoms with Crippen molar-refractivity contribution < 1.29 is 4.74 Å². The van der Waals surface area contributed by atoms with E-state index in [1.807, 2.05) is 35.1 Å². The summed E-state index contributed by atoms with van der Waals surface area (Å²) >= 11 is 3.35. The first kappa shape index (κ1) is 12.1. The Hall–Kier alpha value is -1.33. The molecule has 2 aromatic rings. The highest BCUT2D eigenvalue weighted by molar-refractivity contribution is 9.10. The molecule has 2 N–H and O–H groups in total. The molecular weight excluding hydrogens is 282 g/mol. The number of benzene rings is 1. The van der Waals surface area contributed by atoms with Gasteiger partial charge in [0.2, 0.25) is 0 Å². The van der Waals surface area contributed by atoms with E-state index in [0.717, 1.165) is 15.8 Å². The average Bonchev–Trinajstić information content (AvgIpc) is 2.76. The predicted molar refractivity (Wildman–Crippen MR) is 69.8 cm³/mol. The Bertz CT molecular complexity index is 484. The zero-order valence-corrected chi connectivity index (χ0v) is 10.9. The lowest BCUT2D eigenvalue weighted by molar-refractivity contribution is 0.288. The van der Waals surface area contributed by atoms with Crippen LogP contribution in [-0.2, 0) is 13.1 Å². The van der Waals surface area contributed by atoms with Gasteiger partial charge in [0.1, 0.15) is 12.4 Å². The summed E-state index contributed by atoms with van der Waals surface area (Å²) in [4.78, 5) is 0. The Morgan fingerprint density at radius 3 is 2.88 bits per heavy atom. The van der Waals surface area contributed by atoms with Gasteiger partial charge in [0.15, 0.2) is 0 Å². The highest BCUT2D eigenvalue weighted by Crippen LogP contribution is 2.17. The number of halogens is 1. The lowest BCUT2D eigenvalue weighted by Gasteiger charge is -2.09. The maximum atomic E-state index is 5.69. The average molecular weight is 296 g/mol. The third-order valence-electron chi connectivity index (χ3n) is 2.37. The third-order valence-corrected chi connectivity index (χ3v) is 2.78. The molecule has 5 heteroatoms.